The predicted molar refractivity (Wildman–Crippen MR) is 91.7 cm³/mol. The van der Waals surface area contributed by atoms with E-state index >= 15 is 0 Å². The van der Waals surface area contributed by atoms with E-state index in [4.69, 9.17) is 21.1 Å². The van der Waals surface area contributed by atoms with Crippen molar-refractivity contribution in [2.24, 2.45) is 0 Å². The molecule has 1 atom stereocenters. The van der Waals surface area contributed by atoms with Gasteiger partial charge >= 0.3 is 12.1 Å². The fraction of sp³-hybridized carbons (Fsp3) is 0.429. The lowest BCUT2D eigenvalue weighted by atomic mass is 10.3. The summed E-state index contributed by atoms with van der Waals surface area (Å²) in [5.41, 5.74) is 0. The Morgan fingerprint density at radius 3 is 2.17 bits per heavy atom. The Bertz CT molecular complexity index is 679. The van der Waals surface area contributed by atoms with Gasteiger partial charge in [0, 0.05) is 10.4 Å². The van der Waals surface area contributed by atoms with Crippen molar-refractivity contribution in [3.63, 3.8) is 0 Å². The lowest BCUT2D eigenvalue weighted by Gasteiger charge is -2.27. The van der Waals surface area contributed by atoms with Gasteiger partial charge in [-0.2, -0.15) is 4.31 Å². The van der Waals surface area contributed by atoms with E-state index in [1.165, 1.54) is 31.2 Å². The summed E-state index contributed by atoms with van der Waals surface area (Å²) in [4.78, 5) is 24.1. The largest absolute Gasteiger partial charge is 0.464 e. The molecular formula is C14H17BrClNO6S. The third-order valence-electron chi connectivity index (χ3n) is 2.81. The molecule has 1 aromatic carbocycles. The predicted octanol–water partition coefficient (Wildman–Crippen LogP) is 2.81. The number of halogens is 2. The van der Waals surface area contributed by atoms with Crippen molar-refractivity contribution in [2.45, 2.75) is 24.8 Å². The molecule has 1 unspecified atom stereocenters. The fourth-order valence-electron chi connectivity index (χ4n) is 1.76. The maximum absolute atomic E-state index is 12.8. The van der Waals surface area contributed by atoms with Crippen LogP contribution < -0.4 is 0 Å². The molecule has 0 fully saturated rings. The van der Waals surface area contributed by atoms with Crippen molar-refractivity contribution in [1.82, 2.24) is 4.31 Å². The molecular weight excluding hydrogens is 426 g/mol. The lowest BCUT2D eigenvalue weighted by molar-refractivity contribution is -0.146. The molecule has 0 spiro atoms. The number of alkyl halides is 1. The first-order valence-corrected chi connectivity index (χ1v) is 9.92. The van der Waals surface area contributed by atoms with Gasteiger partial charge in [-0.15, -0.1) is 0 Å². The van der Waals surface area contributed by atoms with Crippen LogP contribution in [0.15, 0.2) is 29.2 Å². The zero-order chi connectivity index (χ0) is 18.3. The monoisotopic (exact) mass is 441 g/mol. The third kappa shape index (κ3) is 4.84. The van der Waals surface area contributed by atoms with Crippen molar-refractivity contribution < 1.29 is 27.5 Å². The summed E-state index contributed by atoms with van der Waals surface area (Å²) in [5.74, 6) is -0.861. The van der Waals surface area contributed by atoms with Crippen molar-refractivity contribution >= 4 is 49.6 Å². The molecule has 0 aliphatic heterocycles. The molecule has 0 aromatic heterocycles. The normalized spacial score (nSPS) is 12.3. The second-order valence-electron chi connectivity index (χ2n) is 4.38. The van der Waals surface area contributed by atoms with Gasteiger partial charge in [0.2, 0.25) is 0 Å². The number of carbonyl (C=O) groups excluding carboxylic acids is 2. The molecule has 0 N–H and O–H groups in total. The second kappa shape index (κ2) is 9.24. The first kappa shape index (κ1) is 20.7. The minimum Gasteiger partial charge on any atom is -0.464 e. The summed E-state index contributed by atoms with van der Waals surface area (Å²) in [7, 11) is -4.34. The topological polar surface area (TPSA) is 90.0 Å². The maximum atomic E-state index is 12.8. The van der Waals surface area contributed by atoms with Gasteiger partial charge in [0.25, 0.3) is 10.0 Å². The minimum absolute atomic E-state index is 0.0417. The Morgan fingerprint density at radius 1 is 1.17 bits per heavy atom. The maximum Gasteiger partial charge on any atom is 0.424 e. The summed E-state index contributed by atoms with van der Waals surface area (Å²) in [6.45, 7) is 3.09. The van der Waals surface area contributed by atoms with Crippen LogP contribution in [0.4, 0.5) is 4.79 Å². The third-order valence-corrected chi connectivity index (χ3v) is 5.46. The molecule has 0 aliphatic carbocycles. The van der Waals surface area contributed by atoms with Crippen LogP contribution in [0.3, 0.4) is 0 Å². The van der Waals surface area contributed by atoms with Crippen molar-refractivity contribution in [1.29, 1.82) is 0 Å². The van der Waals surface area contributed by atoms with Crippen LogP contribution in [0.5, 0.6) is 0 Å². The number of hydrogen-bond acceptors (Lipinski definition) is 6. The Kier molecular flexibility index (Phi) is 7.98. The highest BCUT2D eigenvalue weighted by Gasteiger charge is 2.41. The molecule has 0 saturated heterocycles. The van der Waals surface area contributed by atoms with E-state index in [1.54, 1.807) is 6.92 Å². The molecule has 0 radical (unpaired) electrons. The molecule has 134 valence electrons. The smallest absolute Gasteiger partial charge is 0.424 e. The first-order valence-electron chi connectivity index (χ1n) is 6.98. The van der Waals surface area contributed by atoms with Gasteiger partial charge in [-0.25, -0.2) is 18.0 Å². The fourth-order valence-corrected chi connectivity index (χ4v) is 4.08. The number of esters is 1. The van der Waals surface area contributed by atoms with E-state index in [0.717, 1.165) is 0 Å². The minimum atomic E-state index is -4.34. The molecule has 0 aliphatic rings. The van der Waals surface area contributed by atoms with Gasteiger partial charge in [-0.3, -0.25) is 0 Å². The zero-order valence-electron chi connectivity index (χ0n) is 13.1. The number of sulfonamides is 1. The van der Waals surface area contributed by atoms with Crippen LogP contribution in [-0.4, -0.2) is 49.4 Å². The number of ether oxygens (including phenoxy) is 2. The average Bonchev–Trinajstić information content (AvgIpc) is 2.52. The van der Waals surface area contributed by atoms with E-state index in [9.17, 15) is 18.0 Å². The SMILES string of the molecule is CCOC(=O)C(CBr)N(C(=O)OCC)S(=O)(=O)c1ccc(Cl)cc1. The molecule has 0 heterocycles. The molecule has 0 bridgehead atoms. The summed E-state index contributed by atoms with van der Waals surface area (Å²) >= 11 is 8.80. The van der Waals surface area contributed by atoms with E-state index in [2.05, 4.69) is 15.9 Å². The van der Waals surface area contributed by atoms with E-state index in [0.29, 0.717) is 9.33 Å². The van der Waals surface area contributed by atoms with Crippen LogP contribution in [-0.2, 0) is 24.3 Å². The summed E-state index contributed by atoms with van der Waals surface area (Å²) in [6.07, 6.45) is -1.16. The highest BCUT2D eigenvalue weighted by Crippen LogP contribution is 2.23. The van der Waals surface area contributed by atoms with E-state index in [-0.39, 0.29) is 23.4 Å². The molecule has 1 aromatic rings. The van der Waals surface area contributed by atoms with Gasteiger partial charge < -0.3 is 9.47 Å². The van der Waals surface area contributed by atoms with Crippen LogP contribution in [0, 0.1) is 0 Å². The number of hydrogen-bond donors (Lipinski definition) is 0. The molecule has 7 nitrogen and oxygen atoms in total. The Morgan fingerprint density at radius 2 is 1.71 bits per heavy atom. The summed E-state index contributed by atoms with van der Waals surface area (Å²) in [6, 6.07) is 3.81. The molecule has 24 heavy (non-hydrogen) atoms. The van der Waals surface area contributed by atoms with Crippen molar-refractivity contribution in [3.8, 4) is 0 Å². The molecule has 0 saturated carbocycles. The number of benzene rings is 1. The number of carbonyl (C=O) groups is 2. The lowest BCUT2D eigenvalue weighted by Crippen LogP contribution is -2.50. The van der Waals surface area contributed by atoms with Crippen LogP contribution in [0.1, 0.15) is 13.8 Å². The van der Waals surface area contributed by atoms with Gasteiger partial charge in [0.1, 0.15) is 0 Å². The quantitative estimate of drug-likeness (QED) is 0.476. The van der Waals surface area contributed by atoms with Gasteiger partial charge in [-0.1, -0.05) is 27.5 Å². The highest BCUT2D eigenvalue weighted by atomic mass is 79.9. The Balaban J connectivity index is 3.37. The summed E-state index contributed by atoms with van der Waals surface area (Å²) in [5, 5.41) is 0.191. The van der Waals surface area contributed by atoms with Crippen LogP contribution >= 0.6 is 27.5 Å². The first-order chi connectivity index (χ1) is 11.3. The van der Waals surface area contributed by atoms with E-state index < -0.39 is 28.1 Å². The molecule has 1 amide bonds. The van der Waals surface area contributed by atoms with E-state index in [1.807, 2.05) is 0 Å². The Labute approximate surface area is 154 Å². The second-order valence-corrected chi connectivity index (χ2v) is 7.27. The highest BCUT2D eigenvalue weighted by molar-refractivity contribution is 9.09. The number of nitrogens with zero attached hydrogens (tertiary/aromatic N) is 1. The summed E-state index contributed by atoms with van der Waals surface area (Å²) < 4.78 is 35.7. The molecule has 1 rings (SSSR count). The van der Waals surface area contributed by atoms with Gasteiger partial charge in [0.15, 0.2) is 6.04 Å². The van der Waals surface area contributed by atoms with Crippen LogP contribution in [0.25, 0.3) is 0 Å². The van der Waals surface area contributed by atoms with Crippen LogP contribution in [0.2, 0.25) is 5.02 Å². The van der Waals surface area contributed by atoms with Crippen molar-refractivity contribution in [3.05, 3.63) is 29.3 Å². The number of amides is 1. The molecule has 10 heteroatoms. The standard InChI is InChI=1S/C14H17BrClNO6S/c1-3-22-13(18)12(9-15)17(14(19)23-4-2)24(20,21)11-7-5-10(16)6-8-11/h5-8,12H,3-4,9H2,1-2H3. The van der Waals surface area contributed by atoms with Crippen molar-refractivity contribution in [2.75, 3.05) is 18.5 Å². The number of rotatable bonds is 7. The average molecular weight is 443 g/mol. The zero-order valence-corrected chi connectivity index (χ0v) is 16.2. The van der Waals surface area contributed by atoms with Gasteiger partial charge in [0.05, 0.1) is 18.1 Å². The van der Waals surface area contributed by atoms with Gasteiger partial charge in [-0.05, 0) is 38.1 Å². The Hall–Kier alpha value is -1.32.